The third-order valence-electron chi connectivity index (χ3n) is 4.04. The minimum atomic E-state index is -3.97. The molecule has 0 unspecified atom stereocenters. The summed E-state index contributed by atoms with van der Waals surface area (Å²) in [6, 6.07) is 6.10. The second kappa shape index (κ2) is 8.17. The van der Waals surface area contributed by atoms with Crippen LogP contribution in [0.5, 0.6) is 11.6 Å². The number of allylic oxidation sites excluding steroid dienone is 1. The Balaban J connectivity index is 2.00. The van der Waals surface area contributed by atoms with Gasteiger partial charge in [-0.05, 0) is 31.2 Å². The molecular formula is C18H20ClN4O4S+. The van der Waals surface area contributed by atoms with Gasteiger partial charge in [0.1, 0.15) is 29.0 Å². The summed E-state index contributed by atoms with van der Waals surface area (Å²) in [5.74, 6) is 0.562. The van der Waals surface area contributed by atoms with Crippen molar-refractivity contribution in [1.82, 2.24) is 4.98 Å². The van der Waals surface area contributed by atoms with Crippen LogP contribution >= 0.6 is 11.6 Å². The highest BCUT2D eigenvalue weighted by atomic mass is 35.5. The molecule has 4 N–H and O–H groups in total. The summed E-state index contributed by atoms with van der Waals surface area (Å²) in [4.78, 5) is 4.16. The van der Waals surface area contributed by atoms with Crippen LogP contribution in [0.15, 0.2) is 41.4 Å². The highest BCUT2D eigenvalue weighted by Crippen LogP contribution is 2.30. The van der Waals surface area contributed by atoms with E-state index in [1.54, 1.807) is 18.2 Å². The van der Waals surface area contributed by atoms with Crippen LogP contribution in [-0.4, -0.2) is 39.4 Å². The highest BCUT2D eigenvalue weighted by Gasteiger charge is 2.25. The third-order valence-corrected chi connectivity index (χ3v) is 5.68. The molecule has 10 heteroatoms. The van der Waals surface area contributed by atoms with Gasteiger partial charge in [0.15, 0.2) is 0 Å². The summed E-state index contributed by atoms with van der Waals surface area (Å²) in [5.41, 5.74) is 1.60. The van der Waals surface area contributed by atoms with Crippen molar-refractivity contribution in [3.05, 3.63) is 47.1 Å². The smallest absolute Gasteiger partial charge is 0.265 e. The molecule has 8 nitrogen and oxygen atoms in total. The van der Waals surface area contributed by atoms with Crippen LogP contribution in [0.3, 0.4) is 0 Å². The number of sulfonamides is 1. The summed E-state index contributed by atoms with van der Waals surface area (Å²) in [5, 5.41) is 9.60. The van der Waals surface area contributed by atoms with E-state index in [0.29, 0.717) is 18.1 Å². The first-order chi connectivity index (χ1) is 13.3. The van der Waals surface area contributed by atoms with Gasteiger partial charge in [-0.2, -0.15) is 0 Å². The number of fused-ring (bicyclic) bond motifs is 1. The zero-order valence-electron chi connectivity index (χ0n) is 15.3. The van der Waals surface area contributed by atoms with Gasteiger partial charge in [0.2, 0.25) is 5.88 Å². The summed E-state index contributed by atoms with van der Waals surface area (Å²) in [6.07, 6.45) is 4.16. The van der Waals surface area contributed by atoms with Gasteiger partial charge in [0.05, 0.1) is 24.6 Å². The van der Waals surface area contributed by atoms with Gasteiger partial charge in [0, 0.05) is 17.3 Å². The molecule has 1 atom stereocenters. The SMILES string of the molecule is COc1ccc(Cl)cc1S(=O)(=O)Nc1cnc2c(c1)/C(=C/C=N)[NH2+][C@H](C)CO2. The maximum atomic E-state index is 12.9. The fourth-order valence-corrected chi connectivity index (χ4v) is 4.26. The van der Waals surface area contributed by atoms with Crippen molar-refractivity contribution in [3.63, 3.8) is 0 Å². The lowest BCUT2D eigenvalue weighted by molar-refractivity contribution is -0.598. The summed E-state index contributed by atoms with van der Waals surface area (Å²) in [7, 11) is -2.59. The molecule has 1 aliphatic rings. The predicted octanol–water partition coefficient (Wildman–Crippen LogP) is 1.88. The van der Waals surface area contributed by atoms with Gasteiger partial charge in [0.25, 0.3) is 10.0 Å². The van der Waals surface area contributed by atoms with Crippen molar-refractivity contribution in [3.8, 4) is 11.6 Å². The van der Waals surface area contributed by atoms with E-state index in [1.807, 2.05) is 12.2 Å². The van der Waals surface area contributed by atoms with E-state index in [-0.39, 0.29) is 27.4 Å². The number of rotatable bonds is 5. The van der Waals surface area contributed by atoms with E-state index in [0.717, 1.165) is 5.70 Å². The number of nitrogens with one attached hydrogen (secondary N) is 2. The molecule has 148 valence electrons. The van der Waals surface area contributed by atoms with Crippen molar-refractivity contribution >= 4 is 39.2 Å². The Kier molecular flexibility index (Phi) is 5.87. The number of benzene rings is 1. The Morgan fingerprint density at radius 3 is 2.93 bits per heavy atom. The minimum Gasteiger partial charge on any atom is -0.495 e. The largest absolute Gasteiger partial charge is 0.495 e. The molecule has 1 aliphatic heterocycles. The highest BCUT2D eigenvalue weighted by molar-refractivity contribution is 7.92. The molecule has 0 amide bonds. The molecule has 0 aliphatic carbocycles. The molecule has 0 saturated carbocycles. The molecule has 0 saturated heterocycles. The van der Waals surface area contributed by atoms with Gasteiger partial charge >= 0.3 is 0 Å². The summed E-state index contributed by atoms with van der Waals surface area (Å²) in [6.45, 7) is 2.43. The molecule has 2 heterocycles. The first-order valence-corrected chi connectivity index (χ1v) is 10.3. The van der Waals surface area contributed by atoms with Gasteiger partial charge in [-0.3, -0.25) is 4.72 Å². The number of halogens is 1. The van der Waals surface area contributed by atoms with Crippen LogP contribution in [0.2, 0.25) is 5.02 Å². The Labute approximate surface area is 168 Å². The predicted molar refractivity (Wildman–Crippen MR) is 107 cm³/mol. The molecule has 0 spiro atoms. The van der Waals surface area contributed by atoms with E-state index in [1.165, 1.54) is 31.7 Å². The van der Waals surface area contributed by atoms with Crippen molar-refractivity contribution in [2.75, 3.05) is 18.4 Å². The second-order valence-corrected chi connectivity index (χ2v) is 8.31. The second-order valence-electron chi connectivity index (χ2n) is 6.22. The van der Waals surface area contributed by atoms with E-state index in [4.69, 9.17) is 26.5 Å². The number of anilines is 1. The van der Waals surface area contributed by atoms with Crippen LogP contribution in [0.1, 0.15) is 12.5 Å². The maximum Gasteiger partial charge on any atom is 0.265 e. The monoisotopic (exact) mass is 423 g/mol. The molecule has 0 radical (unpaired) electrons. The number of ether oxygens (including phenoxy) is 2. The van der Waals surface area contributed by atoms with Crippen molar-refractivity contribution in [2.24, 2.45) is 0 Å². The molecule has 0 fully saturated rings. The Morgan fingerprint density at radius 2 is 2.21 bits per heavy atom. The first kappa shape index (κ1) is 20.1. The number of nitrogens with zero attached hydrogens (tertiary/aromatic N) is 1. The van der Waals surface area contributed by atoms with Crippen LogP contribution in [0.4, 0.5) is 5.69 Å². The molecule has 0 bridgehead atoms. The zero-order chi connectivity index (χ0) is 20.3. The van der Waals surface area contributed by atoms with Crippen LogP contribution in [0.25, 0.3) is 5.70 Å². The molecule has 1 aromatic heterocycles. The molecular weight excluding hydrogens is 404 g/mol. The zero-order valence-corrected chi connectivity index (χ0v) is 16.8. The fourth-order valence-electron chi connectivity index (χ4n) is 2.79. The normalized spacial score (nSPS) is 18.0. The molecule has 3 rings (SSSR count). The Hall–Kier alpha value is -2.62. The number of nitrogens with two attached hydrogens (primary N) is 1. The maximum absolute atomic E-state index is 12.9. The Bertz CT molecular complexity index is 1040. The van der Waals surface area contributed by atoms with Crippen molar-refractivity contribution < 1.29 is 23.2 Å². The van der Waals surface area contributed by atoms with Crippen LogP contribution in [-0.2, 0) is 10.0 Å². The molecule has 1 aromatic carbocycles. The Morgan fingerprint density at radius 1 is 1.43 bits per heavy atom. The average Bonchev–Trinajstić information content (AvgIpc) is 2.81. The van der Waals surface area contributed by atoms with Crippen LogP contribution in [0, 0.1) is 5.41 Å². The number of pyridine rings is 1. The molecule has 28 heavy (non-hydrogen) atoms. The number of hydrogen-bond acceptors (Lipinski definition) is 6. The summed E-state index contributed by atoms with van der Waals surface area (Å²) >= 11 is 5.95. The van der Waals surface area contributed by atoms with E-state index < -0.39 is 10.0 Å². The number of hydrogen-bond donors (Lipinski definition) is 3. The van der Waals surface area contributed by atoms with Gasteiger partial charge in [-0.1, -0.05) is 11.6 Å². The van der Waals surface area contributed by atoms with Gasteiger partial charge < -0.3 is 20.2 Å². The fraction of sp³-hybridized carbons (Fsp3) is 0.222. The van der Waals surface area contributed by atoms with Crippen molar-refractivity contribution in [1.29, 1.82) is 5.41 Å². The lowest BCUT2D eigenvalue weighted by Gasteiger charge is -2.13. The topological polar surface area (TPSA) is 118 Å². The summed E-state index contributed by atoms with van der Waals surface area (Å²) < 4.78 is 39.0. The number of methoxy groups -OCH3 is 1. The standard InChI is InChI=1S/C18H19ClN4O4S/c1-11-10-27-18-14(15(22-11)5-6-20)8-13(9-21-18)23-28(24,25)17-7-12(19)3-4-16(17)26-2/h3-9,11,20,22-23H,10H2,1-2H3/p+1/b15-5-,20-6?/t11-/m1/s1. The minimum absolute atomic E-state index is 0.0795. The quantitative estimate of drug-likeness (QED) is 0.634. The van der Waals surface area contributed by atoms with Crippen LogP contribution < -0.4 is 19.5 Å². The van der Waals surface area contributed by atoms with E-state index in [9.17, 15) is 8.42 Å². The van der Waals surface area contributed by atoms with E-state index >= 15 is 0 Å². The van der Waals surface area contributed by atoms with E-state index in [2.05, 4.69) is 9.71 Å². The van der Waals surface area contributed by atoms with Gasteiger partial charge in [-0.15, -0.1) is 0 Å². The average molecular weight is 424 g/mol. The molecule has 2 aromatic rings. The number of quaternary nitrogens is 1. The van der Waals surface area contributed by atoms with Crippen molar-refractivity contribution in [2.45, 2.75) is 17.9 Å². The van der Waals surface area contributed by atoms with Gasteiger partial charge in [-0.25, -0.2) is 13.4 Å². The number of aromatic nitrogens is 1. The lowest BCUT2D eigenvalue weighted by Crippen LogP contribution is -2.87. The first-order valence-electron chi connectivity index (χ1n) is 8.39. The third kappa shape index (κ3) is 4.27. The lowest BCUT2D eigenvalue weighted by atomic mass is 10.1.